The molecule has 0 spiro atoms. The van der Waals surface area contributed by atoms with Crippen LogP contribution in [0.5, 0.6) is 0 Å². The van der Waals surface area contributed by atoms with Crippen LogP contribution in [0.15, 0.2) is 72.4 Å². The highest BCUT2D eigenvalue weighted by atomic mass is 16.2. The van der Waals surface area contributed by atoms with Crippen LogP contribution in [0.1, 0.15) is 58.8 Å². The molecule has 2 aromatic carbocycles. The number of ketones is 1. The minimum atomic E-state index is -0.130. The third-order valence-electron chi connectivity index (χ3n) is 9.95. The van der Waals surface area contributed by atoms with Gasteiger partial charge in [0.15, 0.2) is 5.78 Å². The average molecular weight is 469 g/mol. The molecule has 2 saturated carbocycles. The van der Waals surface area contributed by atoms with E-state index in [4.69, 9.17) is 0 Å². The molecular weight excluding hydrogens is 432 g/mol. The summed E-state index contributed by atoms with van der Waals surface area (Å²) in [5.74, 6) is 1.85. The smallest absolute Gasteiger partial charge is 0.297 e. The third kappa shape index (κ3) is 3.56. The van der Waals surface area contributed by atoms with Crippen LogP contribution < -0.4 is 4.90 Å². The summed E-state index contributed by atoms with van der Waals surface area (Å²) in [6.45, 7) is 5.55. The fraction of sp³-hybridized carbons (Fsp3) is 0.484. The van der Waals surface area contributed by atoms with E-state index in [0.29, 0.717) is 36.1 Å². The summed E-state index contributed by atoms with van der Waals surface area (Å²) in [5.41, 5.74) is 2.93. The summed E-state index contributed by atoms with van der Waals surface area (Å²) >= 11 is 0. The van der Waals surface area contributed by atoms with Gasteiger partial charge in [-0.3, -0.25) is 14.6 Å². The Morgan fingerprint density at radius 2 is 1.54 bits per heavy atom. The van der Waals surface area contributed by atoms with Crippen LogP contribution in [-0.2, 0) is 4.79 Å². The number of carbonyl (C=O) groups excluding carboxylic acids is 2. The first-order valence-electron chi connectivity index (χ1n) is 13.4. The lowest BCUT2D eigenvalue weighted by Gasteiger charge is -2.60. The van der Waals surface area contributed by atoms with Gasteiger partial charge in [0, 0.05) is 30.2 Å². The molecule has 0 N–H and O–H groups in total. The van der Waals surface area contributed by atoms with Gasteiger partial charge in [0.2, 0.25) is 0 Å². The summed E-state index contributed by atoms with van der Waals surface area (Å²) in [6.07, 6.45) is 9.63. The van der Waals surface area contributed by atoms with Crippen molar-refractivity contribution in [2.24, 2.45) is 28.6 Å². The second-order valence-electron chi connectivity index (χ2n) is 11.8. The predicted octanol–water partition coefficient (Wildman–Crippen LogP) is 7.35. The van der Waals surface area contributed by atoms with Crippen molar-refractivity contribution < 1.29 is 9.59 Å². The molecule has 1 saturated heterocycles. The Balaban J connectivity index is 1.46. The number of carbonyl (C=O) groups is 2. The lowest BCUT2D eigenvalue weighted by molar-refractivity contribution is -0.118. The largest absolute Gasteiger partial charge is 0.333 e. The van der Waals surface area contributed by atoms with Crippen molar-refractivity contribution >= 4 is 23.2 Å². The van der Waals surface area contributed by atoms with Crippen molar-refractivity contribution in [2.75, 3.05) is 11.4 Å². The van der Waals surface area contributed by atoms with E-state index < -0.39 is 0 Å². The highest BCUT2D eigenvalue weighted by molar-refractivity contribution is 6.01. The van der Waals surface area contributed by atoms with Gasteiger partial charge in [-0.05, 0) is 79.5 Å². The number of amides is 2. The van der Waals surface area contributed by atoms with E-state index in [-0.39, 0.29) is 17.2 Å². The molecule has 182 valence electrons. The van der Waals surface area contributed by atoms with E-state index in [1.807, 2.05) is 76.5 Å². The van der Waals surface area contributed by atoms with Gasteiger partial charge in [-0.15, -0.1) is 0 Å². The maximum atomic E-state index is 14.5. The highest BCUT2D eigenvalue weighted by Gasteiger charge is 2.59. The first kappa shape index (κ1) is 22.6. The van der Waals surface area contributed by atoms with Crippen LogP contribution in [0.25, 0.3) is 0 Å². The SMILES string of the molecule is C[C@@]12CCC[C@H]1[C@@H]1CN(C(=O)N(c3ccccc3)c3ccccc3)C3=CC(=O)CC[C@]3(C)[C@H]1CC2. The van der Waals surface area contributed by atoms with Gasteiger partial charge in [0.25, 0.3) is 0 Å². The number of piperidine rings is 1. The Morgan fingerprint density at radius 1 is 0.886 bits per heavy atom. The first-order chi connectivity index (χ1) is 16.9. The molecule has 3 fully saturated rings. The predicted molar refractivity (Wildman–Crippen MR) is 139 cm³/mol. The third-order valence-corrected chi connectivity index (χ3v) is 9.95. The van der Waals surface area contributed by atoms with Crippen molar-refractivity contribution in [1.82, 2.24) is 4.90 Å². The van der Waals surface area contributed by atoms with Crippen molar-refractivity contribution in [1.29, 1.82) is 0 Å². The maximum absolute atomic E-state index is 14.5. The number of benzene rings is 2. The molecule has 6 rings (SSSR count). The Hall–Kier alpha value is -2.88. The zero-order valence-corrected chi connectivity index (χ0v) is 21.0. The van der Waals surface area contributed by atoms with Crippen molar-refractivity contribution in [3.05, 3.63) is 72.4 Å². The lowest BCUT2D eigenvalue weighted by Crippen LogP contribution is -2.59. The number of para-hydroxylation sites is 2. The molecule has 1 aliphatic heterocycles. The van der Waals surface area contributed by atoms with E-state index in [9.17, 15) is 9.59 Å². The molecule has 2 amide bonds. The lowest BCUT2D eigenvalue weighted by atomic mass is 9.50. The number of hydrogen-bond acceptors (Lipinski definition) is 2. The summed E-state index contributed by atoms with van der Waals surface area (Å²) in [4.78, 5) is 31.1. The number of hydrogen-bond donors (Lipinski definition) is 0. The normalized spacial score (nSPS) is 33.9. The standard InChI is InChI=1S/C31H36N2O2/c1-30-17-9-14-26(30)25-21-32(28-20-24(34)15-19-31(28,2)27(25)16-18-30)29(35)33(22-10-5-3-6-11-22)23-12-7-4-8-13-23/h3-8,10-13,20,25-27H,9,14-19,21H2,1-2H3/t25-,26-,27-,30-,31+/m0/s1. The zero-order valence-electron chi connectivity index (χ0n) is 21.0. The molecule has 3 aliphatic carbocycles. The fourth-order valence-electron chi connectivity index (χ4n) is 8.12. The van der Waals surface area contributed by atoms with Crippen LogP contribution in [-0.4, -0.2) is 23.3 Å². The summed E-state index contributed by atoms with van der Waals surface area (Å²) in [7, 11) is 0. The van der Waals surface area contributed by atoms with E-state index in [2.05, 4.69) is 13.8 Å². The quantitative estimate of drug-likeness (QED) is 0.462. The van der Waals surface area contributed by atoms with Crippen LogP contribution in [0.2, 0.25) is 0 Å². The van der Waals surface area contributed by atoms with Crippen molar-refractivity contribution in [3.8, 4) is 0 Å². The summed E-state index contributed by atoms with van der Waals surface area (Å²) < 4.78 is 0. The van der Waals surface area contributed by atoms with E-state index in [1.54, 1.807) is 0 Å². The number of fused-ring (bicyclic) bond motifs is 5. The number of likely N-dealkylation sites (tertiary alicyclic amines) is 1. The van der Waals surface area contributed by atoms with E-state index >= 15 is 0 Å². The van der Waals surface area contributed by atoms with Gasteiger partial charge in [-0.2, -0.15) is 0 Å². The monoisotopic (exact) mass is 468 g/mol. The molecule has 35 heavy (non-hydrogen) atoms. The second-order valence-corrected chi connectivity index (χ2v) is 11.8. The Kier molecular flexibility index (Phi) is 5.39. The summed E-state index contributed by atoms with van der Waals surface area (Å²) in [5, 5.41) is 0. The number of anilines is 2. The van der Waals surface area contributed by atoms with Crippen LogP contribution in [0.4, 0.5) is 16.2 Å². The molecule has 0 radical (unpaired) electrons. The van der Waals surface area contributed by atoms with Crippen LogP contribution in [0.3, 0.4) is 0 Å². The maximum Gasteiger partial charge on any atom is 0.333 e. The van der Waals surface area contributed by atoms with Gasteiger partial charge < -0.3 is 0 Å². The van der Waals surface area contributed by atoms with Gasteiger partial charge >= 0.3 is 6.03 Å². The van der Waals surface area contributed by atoms with Crippen LogP contribution >= 0.6 is 0 Å². The minimum absolute atomic E-state index is 0.0432. The summed E-state index contributed by atoms with van der Waals surface area (Å²) in [6, 6.07) is 19.8. The fourth-order valence-corrected chi connectivity index (χ4v) is 8.12. The molecular formula is C31H36N2O2. The first-order valence-corrected chi connectivity index (χ1v) is 13.4. The van der Waals surface area contributed by atoms with Gasteiger partial charge in [0.05, 0.1) is 11.4 Å². The van der Waals surface area contributed by atoms with Crippen molar-refractivity contribution in [3.63, 3.8) is 0 Å². The van der Waals surface area contributed by atoms with E-state index in [0.717, 1.165) is 23.5 Å². The molecule has 4 aliphatic rings. The zero-order chi connectivity index (χ0) is 24.2. The highest BCUT2D eigenvalue weighted by Crippen LogP contribution is 2.64. The minimum Gasteiger partial charge on any atom is -0.297 e. The van der Waals surface area contributed by atoms with E-state index in [1.165, 1.54) is 32.1 Å². The number of nitrogens with zero attached hydrogens (tertiary/aromatic N) is 2. The number of urea groups is 1. The van der Waals surface area contributed by atoms with Crippen molar-refractivity contribution in [2.45, 2.75) is 58.8 Å². The molecule has 5 atom stereocenters. The van der Waals surface area contributed by atoms with Gasteiger partial charge in [0.1, 0.15) is 0 Å². The molecule has 2 aromatic rings. The average Bonchev–Trinajstić information content (AvgIpc) is 3.27. The molecule has 0 aromatic heterocycles. The Morgan fingerprint density at radius 3 is 2.20 bits per heavy atom. The Bertz CT molecular complexity index is 1120. The molecule has 0 bridgehead atoms. The topological polar surface area (TPSA) is 40.6 Å². The number of rotatable bonds is 2. The molecule has 1 heterocycles. The molecule has 4 heteroatoms. The number of allylic oxidation sites excluding steroid dienone is 2. The second kappa shape index (κ2) is 8.36. The molecule has 4 nitrogen and oxygen atoms in total. The molecule has 0 unspecified atom stereocenters. The van der Waals surface area contributed by atoms with Gasteiger partial charge in [-0.1, -0.05) is 56.7 Å². The van der Waals surface area contributed by atoms with Gasteiger partial charge in [-0.25, -0.2) is 4.79 Å². The Labute approximate surface area is 209 Å². The van der Waals surface area contributed by atoms with Crippen LogP contribution in [0, 0.1) is 28.6 Å².